The van der Waals surface area contributed by atoms with Gasteiger partial charge in [-0.1, -0.05) is 44.2 Å². The fourth-order valence-corrected chi connectivity index (χ4v) is 4.42. The molecule has 6 heteroatoms. The van der Waals surface area contributed by atoms with E-state index in [4.69, 9.17) is 0 Å². The Morgan fingerprint density at radius 1 is 1.15 bits per heavy atom. The molecule has 1 N–H and O–H groups in total. The Morgan fingerprint density at radius 3 is 2.37 bits per heavy atom. The van der Waals surface area contributed by atoms with Crippen LogP contribution in [0.1, 0.15) is 52.0 Å². The molecular weight excluding hydrogens is 360 g/mol. The molecule has 1 amide bonds. The summed E-state index contributed by atoms with van der Waals surface area (Å²) in [6, 6.07) is 9.53. The predicted molar refractivity (Wildman–Crippen MR) is 110 cm³/mol. The molecule has 1 aliphatic heterocycles. The SMILES string of the molecule is CC(C)CCC(C)NC(=O)C1CCN(S(=O)(=O)/C=C/c2ccccc2)CC1. The molecule has 150 valence electrons. The largest absolute Gasteiger partial charge is 0.353 e. The second-order valence-electron chi connectivity index (χ2n) is 7.81. The van der Waals surface area contributed by atoms with Crippen LogP contribution in [0.2, 0.25) is 0 Å². The van der Waals surface area contributed by atoms with E-state index >= 15 is 0 Å². The van der Waals surface area contributed by atoms with Crippen molar-refractivity contribution in [3.05, 3.63) is 41.3 Å². The zero-order valence-corrected chi connectivity index (χ0v) is 17.4. The minimum Gasteiger partial charge on any atom is -0.353 e. The summed E-state index contributed by atoms with van der Waals surface area (Å²) in [6.45, 7) is 7.17. The summed E-state index contributed by atoms with van der Waals surface area (Å²) in [6.07, 6.45) is 4.82. The molecule has 1 saturated heterocycles. The van der Waals surface area contributed by atoms with Crippen molar-refractivity contribution in [1.82, 2.24) is 9.62 Å². The molecule has 1 heterocycles. The highest BCUT2D eigenvalue weighted by Crippen LogP contribution is 2.21. The van der Waals surface area contributed by atoms with Crippen molar-refractivity contribution < 1.29 is 13.2 Å². The standard InChI is InChI=1S/C21H32N2O3S/c1-17(2)9-10-18(3)22-21(24)20-11-14-23(15-12-20)27(25,26)16-13-19-7-5-4-6-8-19/h4-8,13,16-18,20H,9-12,14-15H2,1-3H3,(H,22,24)/b16-13+. The molecule has 1 atom stereocenters. The quantitative estimate of drug-likeness (QED) is 0.734. The van der Waals surface area contributed by atoms with Crippen molar-refractivity contribution in [1.29, 1.82) is 0 Å². The van der Waals surface area contributed by atoms with Crippen LogP contribution in [-0.4, -0.2) is 37.8 Å². The number of nitrogens with one attached hydrogen (secondary N) is 1. The third-order valence-corrected chi connectivity index (χ3v) is 6.55. The lowest BCUT2D eigenvalue weighted by atomic mass is 9.96. The Hall–Kier alpha value is -1.66. The van der Waals surface area contributed by atoms with E-state index < -0.39 is 10.0 Å². The molecule has 1 aliphatic rings. The highest BCUT2D eigenvalue weighted by Gasteiger charge is 2.30. The summed E-state index contributed by atoms with van der Waals surface area (Å²) in [5.74, 6) is 0.584. The number of amides is 1. The molecule has 0 spiro atoms. The number of nitrogens with zero attached hydrogens (tertiary/aromatic N) is 1. The van der Waals surface area contributed by atoms with E-state index in [1.54, 1.807) is 6.08 Å². The summed E-state index contributed by atoms with van der Waals surface area (Å²) >= 11 is 0. The summed E-state index contributed by atoms with van der Waals surface area (Å²) in [7, 11) is -3.45. The molecule has 5 nitrogen and oxygen atoms in total. The lowest BCUT2D eigenvalue weighted by molar-refractivity contribution is -0.126. The van der Waals surface area contributed by atoms with E-state index in [0.29, 0.717) is 31.8 Å². The third-order valence-electron chi connectivity index (χ3n) is 4.98. The van der Waals surface area contributed by atoms with Crippen molar-refractivity contribution in [2.45, 2.75) is 52.5 Å². The van der Waals surface area contributed by atoms with Gasteiger partial charge in [-0.05, 0) is 50.2 Å². The van der Waals surface area contributed by atoms with Crippen LogP contribution in [0.4, 0.5) is 0 Å². The average molecular weight is 393 g/mol. The minimum absolute atomic E-state index is 0.0585. The summed E-state index contributed by atoms with van der Waals surface area (Å²) in [5, 5.41) is 4.34. The number of piperidine rings is 1. The first-order valence-corrected chi connectivity index (χ1v) is 11.3. The van der Waals surface area contributed by atoms with E-state index in [-0.39, 0.29) is 17.9 Å². The summed E-state index contributed by atoms with van der Waals surface area (Å²) in [5.41, 5.74) is 0.853. The van der Waals surface area contributed by atoms with E-state index in [2.05, 4.69) is 19.2 Å². The highest BCUT2D eigenvalue weighted by molar-refractivity contribution is 7.92. The van der Waals surface area contributed by atoms with Gasteiger partial charge in [-0.15, -0.1) is 0 Å². The van der Waals surface area contributed by atoms with Crippen molar-refractivity contribution in [3.8, 4) is 0 Å². The molecule has 0 radical (unpaired) electrons. The van der Waals surface area contributed by atoms with Gasteiger partial charge in [0.05, 0.1) is 0 Å². The molecule has 27 heavy (non-hydrogen) atoms. The Bertz CT molecular complexity index is 721. The minimum atomic E-state index is -3.45. The van der Waals surface area contributed by atoms with Gasteiger partial charge in [0.2, 0.25) is 15.9 Å². The Labute approximate surface area is 163 Å². The first-order chi connectivity index (χ1) is 12.8. The molecule has 0 bridgehead atoms. The number of rotatable bonds is 8. The van der Waals surface area contributed by atoms with Crippen LogP contribution >= 0.6 is 0 Å². The zero-order chi connectivity index (χ0) is 19.9. The Kier molecular flexibility index (Phi) is 8.05. The van der Waals surface area contributed by atoms with Crippen molar-refractivity contribution >= 4 is 22.0 Å². The Morgan fingerprint density at radius 2 is 1.78 bits per heavy atom. The van der Waals surface area contributed by atoms with E-state index in [0.717, 1.165) is 18.4 Å². The van der Waals surface area contributed by atoms with E-state index in [9.17, 15) is 13.2 Å². The van der Waals surface area contributed by atoms with Gasteiger partial charge in [-0.3, -0.25) is 4.79 Å². The maximum atomic E-state index is 12.5. The molecule has 0 aromatic heterocycles. The second kappa shape index (κ2) is 10.0. The van der Waals surface area contributed by atoms with Crippen LogP contribution in [0.15, 0.2) is 35.7 Å². The lowest BCUT2D eigenvalue weighted by Crippen LogP contribution is -2.44. The van der Waals surface area contributed by atoms with Crippen molar-refractivity contribution in [2.75, 3.05) is 13.1 Å². The second-order valence-corrected chi connectivity index (χ2v) is 9.63. The van der Waals surface area contributed by atoms with Crippen LogP contribution in [0.5, 0.6) is 0 Å². The van der Waals surface area contributed by atoms with Crippen LogP contribution in [-0.2, 0) is 14.8 Å². The smallest absolute Gasteiger partial charge is 0.236 e. The van der Waals surface area contributed by atoms with Crippen molar-refractivity contribution in [3.63, 3.8) is 0 Å². The van der Waals surface area contributed by atoms with Gasteiger partial charge >= 0.3 is 0 Å². The highest BCUT2D eigenvalue weighted by atomic mass is 32.2. The molecule has 0 saturated carbocycles. The number of hydrogen-bond donors (Lipinski definition) is 1. The van der Waals surface area contributed by atoms with Gasteiger partial charge in [-0.25, -0.2) is 8.42 Å². The van der Waals surface area contributed by atoms with Crippen LogP contribution in [0, 0.1) is 11.8 Å². The van der Waals surface area contributed by atoms with Gasteiger partial charge < -0.3 is 5.32 Å². The normalized spacial score (nSPS) is 18.1. The van der Waals surface area contributed by atoms with Gasteiger partial charge in [0, 0.05) is 30.5 Å². The topological polar surface area (TPSA) is 66.5 Å². The van der Waals surface area contributed by atoms with Crippen LogP contribution in [0.3, 0.4) is 0 Å². The maximum absolute atomic E-state index is 12.5. The molecule has 2 rings (SSSR count). The summed E-state index contributed by atoms with van der Waals surface area (Å²) in [4.78, 5) is 12.4. The first kappa shape index (κ1) is 21.6. The molecule has 1 aromatic carbocycles. The fraction of sp³-hybridized carbons (Fsp3) is 0.571. The number of sulfonamides is 1. The van der Waals surface area contributed by atoms with E-state index in [1.165, 1.54) is 9.71 Å². The third kappa shape index (κ3) is 7.11. The number of carbonyl (C=O) groups is 1. The molecule has 1 aromatic rings. The Balaban J connectivity index is 1.83. The first-order valence-electron chi connectivity index (χ1n) is 9.81. The number of benzene rings is 1. The number of carbonyl (C=O) groups excluding carboxylic acids is 1. The van der Waals surface area contributed by atoms with Crippen LogP contribution < -0.4 is 5.32 Å². The summed E-state index contributed by atoms with van der Waals surface area (Å²) < 4.78 is 26.5. The van der Waals surface area contributed by atoms with Gasteiger partial charge in [0.15, 0.2) is 0 Å². The fourth-order valence-electron chi connectivity index (χ4n) is 3.20. The molecule has 1 unspecified atom stereocenters. The molecule has 1 fully saturated rings. The molecule has 0 aliphatic carbocycles. The van der Waals surface area contributed by atoms with Gasteiger partial charge in [0.1, 0.15) is 0 Å². The monoisotopic (exact) mass is 392 g/mol. The van der Waals surface area contributed by atoms with Gasteiger partial charge in [0.25, 0.3) is 0 Å². The lowest BCUT2D eigenvalue weighted by Gasteiger charge is -2.30. The predicted octanol–water partition coefficient (Wildman–Crippen LogP) is 3.64. The maximum Gasteiger partial charge on any atom is 0.236 e. The molecular formula is C21H32N2O3S. The van der Waals surface area contributed by atoms with Crippen LogP contribution in [0.25, 0.3) is 6.08 Å². The van der Waals surface area contributed by atoms with E-state index in [1.807, 2.05) is 37.3 Å². The zero-order valence-electron chi connectivity index (χ0n) is 16.6. The van der Waals surface area contributed by atoms with Crippen molar-refractivity contribution in [2.24, 2.45) is 11.8 Å². The number of hydrogen-bond acceptors (Lipinski definition) is 3. The van der Waals surface area contributed by atoms with Gasteiger partial charge in [-0.2, -0.15) is 4.31 Å². The average Bonchev–Trinajstić information content (AvgIpc) is 2.66.